The van der Waals surface area contributed by atoms with Gasteiger partial charge in [-0.05, 0) is 49.7 Å². The third kappa shape index (κ3) is 5.28. The smallest absolute Gasteiger partial charge is 0.338 e. The number of hydrogen-bond donors (Lipinski definition) is 0. The van der Waals surface area contributed by atoms with Gasteiger partial charge in [0.25, 0.3) is 0 Å². The van der Waals surface area contributed by atoms with Crippen LogP contribution in [0, 0.1) is 13.8 Å². The number of aryl methyl sites for hydroxylation is 2. The van der Waals surface area contributed by atoms with Crippen LogP contribution in [0.5, 0.6) is 0 Å². The van der Waals surface area contributed by atoms with Crippen molar-refractivity contribution in [2.45, 2.75) is 24.5 Å². The van der Waals surface area contributed by atoms with Gasteiger partial charge < -0.3 is 4.74 Å². The Hall–Kier alpha value is -2.44. The molecule has 0 bridgehead atoms. The highest BCUT2D eigenvalue weighted by molar-refractivity contribution is 7.98. The number of hydrogen-bond acceptors (Lipinski definition) is 6. The standard InChI is InChI=1S/C21H19NO3S2/c1-14-3-4-15(2)19(9-14)20(23)10-25-21(24)16-5-7-18(8-6-16)27-12-17-11-26-13-22-17/h3-9,11,13H,10,12H2,1-2H3. The van der Waals surface area contributed by atoms with Crippen LogP contribution in [0.1, 0.15) is 37.5 Å². The number of rotatable bonds is 7. The van der Waals surface area contributed by atoms with Crippen LogP contribution < -0.4 is 0 Å². The Morgan fingerprint density at radius 2 is 1.89 bits per heavy atom. The quantitative estimate of drug-likeness (QED) is 0.316. The van der Waals surface area contributed by atoms with Gasteiger partial charge in [0.2, 0.25) is 5.78 Å². The first-order chi connectivity index (χ1) is 13.0. The predicted molar refractivity (Wildman–Crippen MR) is 109 cm³/mol. The number of benzene rings is 2. The first-order valence-electron chi connectivity index (χ1n) is 8.40. The molecule has 0 unspecified atom stereocenters. The molecule has 0 spiro atoms. The summed E-state index contributed by atoms with van der Waals surface area (Å²) < 4.78 is 5.19. The summed E-state index contributed by atoms with van der Waals surface area (Å²) in [6.07, 6.45) is 0. The molecular formula is C21H19NO3S2. The molecule has 0 saturated carbocycles. The minimum atomic E-state index is -0.496. The first-order valence-corrected chi connectivity index (χ1v) is 10.3. The summed E-state index contributed by atoms with van der Waals surface area (Å²) in [6, 6.07) is 12.8. The molecule has 6 heteroatoms. The van der Waals surface area contributed by atoms with Gasteiger partial charge in [-0.25, -0.2) is 9.78 Å². The van der Waals surface area contributed by atoms with Crippen LogP contribution in [-0.2, 0) is 10.5 Å². The Bertz CT molecular complexity index is 935. The van der Waals surface area contributed by atoms with E-state index in [0.29, 0.717) is 11.1 Å². The Balaban J connectivity index is 1.54. The Morgan fingerprint density at radius 1 is 1.11 bits per heavy atom. The molecular weight excluding hydrogens is 378 g/mol. The lowest BCUT2D eigenvalue weighted by Crippen LogP contribution is -2.15. The largest absolute Gasteiger partial charge is 0.454 e. The molecule has 1 heterocycles. The van der Waals surface area contributed by atoms with E-state index in [4.69, 9.17) is 4.74 Å². The van der Waals surface area contributed by atoms with E-state index < -0.39 is 5.97 Å². The molecule has 3 aromatic rings. The summed E-state index contributed by atoms with van der Waals surface area (Å²) in [5.74, 6) is 0.0992. The Kier molecular flexibility index (Phi) is 6.42. The van der Waals surface area contributed by atoms with E-state index in [-0.39, 0.29) is 12.4 Å². The maximum Gasteiger partial charge on any atom is 0.338 e. The number of carbonyl (C=O) groups is 2. The minimum Gasteiger partial charge on any atom is -0.454 e. The summed E-state index contributed by atoms with van der Waals surface area (Å²) >= 11 is 3.23. The lowest BCUT2D eigenvalue weighted by molar-refractivity contribution is 0.0474. The van der Waals surface area contributed by atoms with E-state index in [1.165, 1.54) is 0 Å². The molecule has 27 heavy (non-hydrogen) atoms. The number of ether oxygens (including phenoxy) is 1. The van der Waals surface area contributed by atoms with Crippen molar-refractivity contribution >= 4 is 34.9 Å². The summed E-state index contributed by atoms with van der Waals surface area (Å²) in [6.45, 7) is 3.54. The molecule has 0 radical (unpaired) electrons. The normalized spacial score (nSPS) is 10.6. The van der Waals surface area contributed by atoms with Gasteiger partial charge >= 0.3 is 5.97 Å². The van der Waals surface area contributed by atoms with Crippen LogP contribution in [0.3, 0.4) is 0 Å². The van der Waals surface area contributed by atoms with E-state index in [1.54, 1.807) is 35.2 Å². The van der Waals surface area contributed by atoms with Crippen molar-refractivity contribution in [2.75, 3.05) is 6.61 Å². The molecule has 0 aliphatic carbocycles. The molecule has 0 N–H and O–H groups in total. The Labute approximate surface area is 166 Å². The van der Waals surface area contributed by atoms with Crippen LogP contribution in [-0.4, -0.2) is 23.3 Å². The maximum absolute atomic E-state index is 12.3. The summed E-state index contributed by atoms with van der Waals surface area (Å²) in [7, 11) is 0. The zero-order valence-electron chi connectivity index (χ0n) is 15.1. The topological polar surface area (TPSA) is 56.3 Å². The number of aromatic nitrogens is 1. The average molecular weight is 398 g/mol. The molecule has 0 fully saturated rings. The van der Waals surface area contributed by atoms with Crippen LogP contribution in [0.4, 0.5) is 0 Å². The highest BCUT2D eigenvalue weighted by Gasteiger charge is 2.14. The van der Waals surface area contributed by atoms with Gasteiger partial charge in [0.05, 0.1) is 16.8 Å². The molecule has 138 valence electrons. The highest BCUT2D eigenvalue weighted by atomic mass is 32.2. The average Bonchev–Trinajstić information content (AvgIpc) is 3.20. The first kappa shape index (κ1) is 19.3. The third-order valence-corrected chi connectivity index (χ3v) is 5.67. The lowest BCUT2D eigenvalue weighted by atomic mass is 10.0. The SMILES string of the molecule is Cc1ccc(C)c(C(=O)COC(=O)c2ccc(SCc3cscn3)cc2)c1. The Morgan fingerprint density at radius 3 is 2.59 bits per heavy atom. The predicted octanol–water partition coefficient (Wildman–Crippen LogP) is 5.09. The molecule has 0 saturated heterocycles. The van der Waals surface area contributed by atoms with Crippen LogP contribution >= 0.6 is 23.1 Å². The van der Waals surface area contributed by atoms with Gasteiger partial charge in [0, 0.05) is 21.6 Å². The van der Waals surface area contributed by atoms with Crippen LogP contribution in [0.15, 0.2) is 58.3 Å². The molecule has 3 rings (SSSR count). The van der Waals surface area contributed by atoms with Crippen molar-refractivity contribution in [3.63, 3.8) is 0 Å². The molecule has 1 aromatic heterocycles. The fourth-order valence-corrected chi connectivity index (χ4v) is 3.95. The van der Waals surface area contributed by atoms with Crippen molar-refractivity contribution in [3.8, 4) is 0 Å². The number of nitrogens with zero attached hydrogens (tertiary/aromatic N) is 1. The van der Waals surface area contributed by atoms with Crippen molar-refractivity contribution in [2.24, 2.45) is 0 Å². The minimum absolute atomic E-state index is 0.194. The number of thioether (sulfide) groups is 1. The van der Waals surface area contributed by atoms with E-state index in [9.17, 15) is 9.59 Å². The number of Topliss-reactive ketones (excluding diaryl/α,β-unsaturated/α-hetero) is 1. The van der Waals surface area contributed by atoms with Gasteiger partial charge in [-0.15, -0.1) is 23.1 Å². The van der Waals surface area contributed by atoms with Crippen molar-refractivity contribution < 1.29 is 14.3 Å². The van der Waals surface area contributed by atoms with E-state index in [1.807, 2.05) is 55.1 Å². The lowest BCUT2D eigenvalue weighted by Gasteiger charge is -2.08. The molecule has 4 nitrogen and oxygen atoms in total. The van der Waals surface area contributed by atoms with Crippen LogP contribution in [0.25, 0.3) is 0 Å². The van der Waals surface area contributed by atoms with Crippen LogP contribution in [0.2, 0.25) is 0 Å². The van der Waals surface area contributed by atoms with Gasteiger partial charge in [0.1, 0.15) is 0 Å². The van der Waals surface area contributed by atoms with Gasteiger partial charge in [-0.2, -0.15) is 0 Å². The third-order valence-electron chi connectivity index (χ3n) is 3.99. The molecule has 0 aliphatic rings. The zero-order valence-corrected chi connectivity index (χ0v) is 16.7. The van der Waals surface area contributed by atoms with E-state index >= 15 is 0 Å². The second-order valence-corrected chi connectivity index (χ2v) is 7.88. The molecule has 0 amide bonds. The van der Waals surface area contributed by atoms with E-state index in [0.717, 1.165) is 27.5 Å². The summed E-state index contributed by atoms with van der Waals surface area (Å²) in [5, 5.41) is 2.02. The summed E-state index contributed by atoms with van der Waals surface area (Å²) in [5.41, 5.74) is 5.76. The molecule has 2 aromatic carbocycles. The van der Waals surface area contributed by atoms with Gasteiger partial charge in [0.15, 0.2) is 6.61 Å². The highest BCUT2D eigenvalue weighted by Crippen LogP contribution is 2.23. The monoisotopic (exact) mass is 397 g/mol. The van der Waals surface area contributed by atoms with Crippen molar-refractivity contribution in [1.82, 2.24) is 4.98 Å². The molecule has 0 aliphatic heterocycles. The fourth-order valence-electron chi connectivity index (χ4n) is 2.48. The van der Waals surface area contributed by atoms with Crippen molar-refractivity contribution in [3.05, 3.63) is 81.3 Å². The zero-order chi connectivity index (χ0) is 19.2. The molecule has 0 atom stereocenters. The second-order valence-electron chi connectivity index (χ2n) is 6.11. The number of thiazole rings is 1. The van der Waals surface area contributed by atoms with Gasteiger partial charge in [-0.1, -0.05) is 17.7 Å². The van der Waals surface area contributed by atoms with Gasteiger partial charge in [-0.3, -0.25) is 4.79 Å². The number of carbonyl (C=O) groups excluding carboxylic acids is 2. The second kappa shape index (κ2) is 8.97. The maximum atomic E-state index is 12.3. The van der Waals surface area contributed by atoms with E-state index in [2.05, 4.69) is 4.98 Å². The fraction of sp³-hybridized carbons (Fsp3) is 0.190. The number of ketones is 1. The summed E-state index contributed by atoms with van der Waals surface area (Å²) in [4.78, 5) is 29.8. The number of esters is 1. The van der Waals surface area contributed by atoms with Crippen molar-refractivity contribution in [1.29, 1.82) is 0 Å².